The smallest absolute Gasteiger partial charge is 0.247 e. The molecule has 1 aromatic carbocycles. The van der Waals surface area contributed by atoms with Crippen LogP contribution in [0.4, 0.5) is 0 Å². The molecule has 2 amide bonds. The molecule has 0 radical (unpaired) electrons. The van der Waals surface area contributed by atoms with E-state index >= 15 is 0 Å². The van der Waals surface area contributed by atoms with Crippen LogP contribution < -0.4 is 5.32 Å². The fraction of sp³-hybridized carbons (Fsp3) is 0.500. The van der Waals surface area contributed by atoms with Gasteiger partial charge in [-0.3, -0.25) is 9.59 Å². The van der Waals surface area contributed by atoms with Gasteiger partial charge in [0.25, 0.3) is 0 Å². The standard InChI is InChI=1S/C16H20N2O2/c1-18-14(19)10-11-6-2-5-9-13(11)15(18)16(20)17-12-7-3-4-8-12/h2,5-6,9,12,15H,3-4,7-8,10H2,1H3,(H,17,20)/t15-/m1/s1. The molecule has 1 aliphatic carbocycles. The molecule has 0 unspecified atom stereocenters. The molecule has 0 aromatic heterocycles. The van der Waals surface area contributed by atoms with Crippen molar-refractivity contribution in [3.8, 4) is 0 Å². The topological polar surface area (TPSA) is 49.4 Å². The van der Waals surface area contributed by atoms with Gasteiger partial charge in [0, 0.05) is 13.1 Å². The van der Waals surface area contributed by atoms with E-state index in [9.17, 15) is 9.59 Å². The highest BCUT2D eigenvalue weighted by molar-refractivity contribution is 5.92. The van der Waals surface area contributed by atoms with Crippen molar-refractivity contribution >= 4 is 11.8 Å². The lowest BCUT2D eigenvalue weighted by Gasteiger charge is -2.34. The van der Waals surface area contributed by atoms with Crippen LogP contribution in [0.1, 0.15) is 42.9 Å². The minimum absolute atomic E-state index is 0.00951. The van der Waals surface area contributed by atoms with Gasteiger partial charge in [0.1, 0.15) is 6.04 Å². The second-order valence-corrected chi connectivity index (χ2v) is 5.77. The summed E-state index contributed by atoms with van der Waals surface area (Å²) in [5.74, 6) is -0.0322. The highest BCUT2D eigenvalue weighted by Gasteiger charge is 2.35. The molecular formula is C16H20N2O2. The Morgan fingerprint density at radius 3 is 2.70 bits per heavy atom. The van der Waals surface area contributed by atoms with Crippen LogP contribution in [-0.2, 0) is 16.0 Å². The Hall–Kier alpha value is -1.84. The number of fused-ring (bicyclic) bond motifs is 1. The average molecular weight is 272 g/mol. The van der Waals surface area contributed by atoms with Crippen LogP contribution in [0.15, 0.2) is 24.3 Å². The molecular weight excluding hydrogens is 252 g/mol. The van der Waals surface area contributed by atoms with Gasteiger partial charge in [-0.05, 0) is 24.0 Å². The van der Waals surface area contributed by atoms with Crippen molar-refractivity contribution in [1.29, 1.82) is 0 Å². The third kappa shape index (κ3) is 2.30. The number of hydrogen-bond acceptors (Lipinski definition) is 2. The molecule has 1 N–H and O–H groups in total. The maximum Gasteiger partial charge on any atom is 0.247 e. The van der Waals surface area contributed by atoms with Crippen LogP contribution in [0.5, 0.6) is 0 Å². The summed E-state index contributed by atoms with van der Waals surface area (Å²) in [4.78, 5) is 26.2. The molecule has 106 valence electrons. The van der Waals surface area contributed by atoms with E-state index < -0.39 is 6.04 Å². The van der Waals surface area contributed by atoms with Crippen LogP contribution >= 0.6 is 0 Å². The minimum atomic E-state index is -0.479. The third-order valence-electron chi connectivity index (χ3n) is 4.42. The predicted molar refractivity (Wildman–Crippen MR) is 76.1 cm³/mol. The summed E-state index contributed by atoms with van der Waals surface area (Å²) in [6.07, 6.45) is 4.86. The summed E-state index contributed by atoms with van der Waals surface area (Å²) in [5, 5.41) is 3.11. The van der Waals surface area contributed by atoms with E-state index in [0.717, 1.165) is 24.0 Å². The summed E-state index contributed by atoms with van der Waals surface area (Å²) < 4.78 is 0. The molecule has 2 aliphatic rings. The van der Waals surface area contributed by atoms with Gasteiger partial charge in [-0.25, -0.2) is 0 Å². The minimum Gasteiger partial charge on any atom is -0.351 e. The first kappa shape index (κ1) is 13.2. The molecule has 1 atom stereocenters. The zero-order valence-electron chi connectivity index (χ0n) is 11.8. The first-order chi connectivity index (χ1) is 9.66. The Bertz CT molecular complexity index is 535. The van der Waals surface area contributed by atoms with Gasteiger partial charge in [0.15, 0.2) is 0 Å². The van der Waals surface area contributed by atoms with Crippen molar-refractivity contribution in [2.45, 2.75) is 44.2 Å². The normalized spacial score (nSPS) is 22.8. The number of likely N-dealkylation sites (N-methyl/N-ethyl adjacent to an activating group) is 1. The molecule has 20 heavy (non-hydrogen) atoms. The van der Waals surface area contributed by atoms with E-state index in [1.165, 1.54) is 12.8 Å². The second kappa shape index (κ2) is 5.27. The van der Waals surface area contributed by atoms with Crippen LogP contribution in [0.25, 0.3) is 0 Å². The Balaban J connectivity index is 1.86. The fourth-order valence-corrected chi connectivity index (χ4v) is 3.27. The third-order valence-corrected chi connectivity index (χ3v) is 4.42. The summed E-state index contributed by atoms with van der Waals surface area (Å²) in [7, 11) is 1.72. The first-order valence-corrected chi connectivity index (χ1v) is 7.30. The van der Waals surface area contributed by atoms with Crippen molar-refractivity contribution in [3.05, 3.63) is 35.4 Å². The average Bonchev–Trinajstić information content (AvgIpc) is 2.93. The summed E-state index contributed by atoms with van der Waals surface area (Å²) in [5.41, 5.74) is 1.94. The van der Waals surface area contributed by atoms with Gasteiger partial charge in [0.2, 0.25) is 11.8 Å². The van der Waals surface area contributed by atoms with Gasteiger partial charge in [-0.2, -0.15) is 0 Å². The van der Waals surface area contributed by atoms with Gasteiger partial charge >= 0.3 is 0 Å². The molecule has 1 fully saturated rings. The lowest BCUT2D eigenvalue weighted by molar-refractivity contribution is -0.140. The monoisotopic (exact) mass is 272 g/mol. The maximum absolute atomic E-state index is 12.6. The number of nitrogens with one attached hydrogen (secondary N) is 1. The molecule has 3 rings (SSSR count). The van der Waals surface area contributed by atoms with Crippen molar-refractivity contribution in [2.24, 2.45) is 0 Å². The molecule has 0 bridgehead atoms. The van der Waals surface area contributed by atoms with E-state index in [-0.39, 0.29) is 17.9 Å². The number of benzene rings is 1. The number of nitrogens with zero attached hydrogens (tertiary/aromatic N) is 1. The van der Waals surface area contributed by atoms with Crippen molar-refractivity contribution in [2.75, 3.05) is 7.05 Å². The number of amides is 2. The molecule has 1 saturated carbocycles. The van der Waals surface area contributed by atoms with Crippen molar-refractivity contribution in [3.63, 3.8) is 0 Å². The lowest BCUT2D eigenvalue weighted by atomic mass is 9.92. The molecule has 4 heteroatoms. The molecule has 0 saturated heterocycles. The highest BCUT2D eigenvalue weighted by atomic mass is 16.2. The Kier molecular flexibility index (Phi) is 3.47. The van der Waals surface area contributed by atoms with E-state index in [1.54, 1.807) is 11.9 Å². The van der Waals surface area contributed by atoms with Gasteiger partial charge < -0.3 is 10.2 Å². The Labute approximate surface area is 119 Å². The number of carbonyl (C=O) groups excluding carboxylic acids is 2. The highest BCUT2D eigenvalue weighted by Crippen LogP contribution is 2.30. The summed E-state index contributed by atoms with van der Waals surface area (Å²) in [6, 6.07) is 7.54. The van der Waals surface area contributed by atoms with Crippen LogP contribution in [-0.4, -0.2) is 29.8 Å². The van der Waals surface area contributed by atoms with Crippen LogP contribution in [0.3, 0.4) is 0 Å². The Morgan fingerprint density at radius 1 is 1.25 bits per heavy atom. The number of carbonyl (C=O) groups is 2. The van der Waals surface area contributed by atoms with E-state index in [4.69, 9.17) is 0 Å². The van der Waals surface area contributed by atoms with Gasteiger partial charge in [0.05, 0.1) is 6.42 Å². The van der Waals surface area contributed by atoms with Crippen molar-refractivity contribution in [1.82, 2.24) is 10.2 Å². The molecule has 1 aliphatic heterocycles. The molecule has 1 aromatic rings. The molecule has 0 spiro atoms. The Morgan fingerprint density at radius 2 is 1.95 bits per heavy atom. The maximum atomic E-state index is 12.6. The number of rotatable bonds is 2. The first-order valence-electron chi connectivity index (χ1n) is 7.30. The SMILES string of the molecule is CN1C(=O)Cc2ccccc2[C@@H]1C(=O)NC1CCCC1. The lowest BCUT2D eigenvalue weighted by Crippen LogP contribution is -2.47. The van der Waals surface area contributed by atoms with E-state index in [0.29, 0.717) is 6.42 Å². The second-order valence-electron chi connectivity index (χ2n) is 5.77. The van der Waals surface area contributed by atoms with Gasteiger partial charge in [-0.15, -0.1) is 0 Å². The number of hydrogen-bond donors (Lipinski definition) is 1. The van der Waals surface area contributed by atoms with Crippen LogP contribution in [0, 0.1) is 0 Å². The quantitative estimate of drug-likeness (QED) is 0.892. The zero-order chi connectivity index (χ0) is 14.1. The van der Waals surface area contributed by atoms with E-state index in [1.807, 2.05) is 24.3 Å². The summed E-state index contributed by atoms with van der Waals surface area (Å²) >= 11 is 0. The fourth-order valence-electron chi connectivity index (χ4n) is 3.27. The van der Waals surface area contributed by atoms with Crippen molar-refractivity contribution < 1.29 is 9.59 Å². The largest absolute Gasteiger partial charge is 0.351 e. The zero-order valence-corrected chi connectivity index (χ0v) is 11.8. The van der Waals surface area contributed by atoms with Gasteiger partial charge in [-0.1, -0.05) is 37.1 Å². The van der Waals surface area contributed by atoms with Crippen LogP contribution in [0.2, 0.25) is 0 Å². The van der Waals surface area contributed by atoms with E-state index in [2.05, 4.69) is 5.32 Å². The molecule has 1 heterocycles. The summed E-state index contributed by atoms with van der Waals surface area (Å²) in [6.45, 7) is 0. The predicted octanol–water partition coefficient (Wildman–Crippen LogP) is 1.80. The molecule has 4 nitrogen and oxygen atoms in total.